The number of halogens is 2. The lowest BCUT2D eigenvalue weighted by atomic mass is 10.1. The van der Waals surface area contributed by atoms with E-state index in [-0.39, 0.29) is 24.8 Å². The largest absolute Gasteiger partial charge is 1.00 e. The van der Waals surface area contributed by atoms with Gasteiger partial charge in [-0.3, -0.25) is 0 Å². The summed E-state index contributed by atoms with van der Waals surface area (Å²) < 4.78 is 2.71. The first-order chi connectivity index (χ1) is 5.68. The molecule has 2 nitrogen and oxygen atoms in total. The highest BCUT2D eigenvalue weighted by Crippen LogP contribution is 2.24. The van der Waals surface area contributed by atoms with E-state index >= 15 is 0 Å². The third-order valence-electron chi connectivity index (χ3n) is 3.92. The Kier molecular flexibility index (Phi) is 5.58. The Morgan fingerprint density at radius 3 is 1.71 bits per heavy atom. The second kappa shape index (κ2) is 5.26. The van der Waals surface area contributed by atoms with E-state index < -0.39 is 0 Å². The molecule has 0 aromatic rings. The molecule has 2 bridgehead atoms. The summed E-state index contributed by atoms with van der Waals surface area (Å²) >= 11 is 4.36. The summed E-state index contributed by atoms with van der Waals surface area (Å²) in [6.45, 7) is 9.68. The van der Waals surface area contributed by atoms with E-state index in [4.69, 9.17) is 0 Å². The van der Waals surface area contributed by atoms with Crippen LogP contribution in [0.15, 0.2) is 0 Å². The fourth-order valence-corrected chi connectivity index (χ4v) is 3.00. The van der Waals surface area contributed by atoms with E-state index in [1.807, 2.05) is 0 Å². The molecule has 0 unspecified atom stereocenters. The fourth-order valence-electron chi connectivity index (χ4n) is 2.58. The van der Waals surface area contributed by atoms with Crippen LogP contribution in [0.5, 0.6) is 0 Å². The fraction of sp³-hybridized carbons (Fsp3) is 1.00. The number of likely N-dealkylation sites (N-methyl/N-ethyl adjacent to an activating group) is 1. The Balaban J connectivity index is 0.000000845. The van der Waals surface area contributed by atoms with E-state index in [1.165, 1.54) is 54.8 Å². The van der Waals surface area contributed by atoms with Crippen LogP contribution in [0.25, 0.3) is 0 Å². The van der Waals surface area contributed by atoms with Crippen molar-refractivity contribution in [2.24, 2.45) is 0 Å². The molecule has 0 aliphatic carbocycles. The molecular weight excluding hydrogens is 239 g/mol. The lowest BCUT2D eigenvalue weighted by Gasteiger charge is -2.54. The van der Waals surface area contributed by atoms with Crippen LogP contribution >= 0.6 is 12.6 Å². The molecule has 0 aromatic heterocycles. The maximum Gasteiger partial charge on any atom is 0.129 e. The number of hydrogen-bond acceptors (Lipinski definition) is 1. The van der Waals surface area contributed by atoms with E-state index in [2.05, 4.69) is 19.7 Å². The SMILES string of the molecule is C[N+]12CC[N+](CCS)(CC1)CC2.[Cl-].[Cl-]. The topological polar surface area (TPSA) is 0 Å². The summed E-state index contributed by atoms with van der Waals surface area (Å²) in [5.74, 6) is 1.06. The van der Waals surface area contributed by atoms with Gasteiger partial charge in [0, 0.05) is 5.75 Å². The van der Waals surface area contributed by atoms with Gasteiger partial charge in [0.05, 0.1) is 13.6 Å². The van der Waals surface area contributed by atoms with Crippen molar-refractivity contribution in [3.63, 3.8) is 0 Å². The van der Waals surface area contributed by atoms with Gasteiger partial charge in [0.25, 0.3) is 0 Å². The van der Waals surface area contributed by atoms with Gasteiger partial charge < -0.3 is 33.8 Å². The summed E-state index contributed by atoms with van der Waals surface area (Å²) in [5, 5.41) is 0. The predicted octanol–water partition coefficient (Wildman–Crippen LogP) is -5.79. The zero-order valence-corrected chi connectivity index (χ0v) is 11.2. The van der Waals surface area contributed by atoms with Crippen molar-refractivity contribution in [2.45, 2.75) is 0 Å². The maximum absolute atomic E-state index is 4.36. The highest BCUT2D eigenvalue weighted by atomic mass is 35.5. The molecule has 0 N–H and O–H groups in total. The van der Waals surface area contributed by atoms with Gasteiger partial charge in [-0.05, 0) is 0 Å². The van der Waals surface area contributed by atoms with Gasteiger partial charge in [-0.25, -0.2) is 0 Å². The van der Waals surface area contributed by atoms with Crippen molar-refractivity contribution in [1.29, 1.82) is 0 Å². The van der Waals surface area contributed by atoms with Crippen molar-refractivity contribution in [1.82, 2.24) is 0 Å². The molecule has 0 saturated carbocycles. The Morgan fingerprint density at radius 2 is 1.36 bits per heavy atom. The van der Waals surface area contributed by atoms with Crippen LogP contribution in [0.1, 0.15) is 0 Å². The highest BCUT2D eigenvalue weighted by Gasteiger charge is 2.45. The number of thiol groups is 1. The van der Waals surface area contributed by atoms with Crippen LogP contribution in [0.3, 0.4) is 0 Å². The van der Waals surface area contributed by atoms with Crippen LogP contribution < -0.4 is 24.8 Å². The number of rotatable bonds is 2. The second-order valence-electron chi connectivity index (χ2n) is 4.75. The van der Waals surface area contributed by atoms with E-state index in [1.54, 1.807) is 0 Å². The van der Waals surface area contributed by atoms with Gasteiger partial charge in [-0.2, -0.15) is 12.6 Å². The zero-order valence-electron chi connectivity index (χ0n) is 8.75. The van der Waals surface area contributed by atoms with Gasteiger partial charge in [0.15, 0.2) is 0 Å². The molecule has 3 aliphatic heterocycles. The van der Waals surface area contributed by atoms with Gasteiger partial charge in [0.1, 0.15) is 39.3 Å². The monoisotopic (exact) mass is 258 g/mol. The molecule has 5 heteroatoms. The van der Waals surface area contributed by atoms with Crippen molar-refractivity contribution in [2.75, 3.05) is 58.6 Å². The van der Waals surface area contributed by atoms with Crippen LogP contribution in [0, 0.1) is 0 Å². The Hall–Kier alpha value is 0.850. The van der Waals surface area contributed by atoms with Gasteiger partial charge in [0.2, 0.25) is 0 Å². The molecule has 0 aromatic carbocycles. The molecule has 0 atom stereocenters. The van der Waals surface area contributed by atoms with E-state index in [9.17, 15) is 0 Å². The zero-order chi connectivity index (χ0) is 8.66. The molecule has 3 saturated heterocycles. The van der Waals surface area contributed by atoms with Gasteiger partial charge in [-0.1, -0.05) is 0 Å². The average Bonchev–Trinajstić information content (AvgIpc) is 2.08. The minimum absolute atomic E-state index is 0. The van der Waals surface area contributed by atoms with Crippen molar-refractivity contribution in [3.05, 3.63) is 0 Å². The molecule has 3 heterocycles. The number of quaternary nitrogens is 2. The normalized spacial score (nSPS) is 39.9. The number of hydrogen-bond donors (Lipinski definition) is 1. The molecule has 0 amide bonds. The smallest absolute Gasteiger partial charge is 0.129 e. The van der Waals surface area contributed by atoms with Crippen LogP contribution in [0.2, 0.25) is 0 Å². The van der Waals surface area contributed by atoms with Crippen molar-refractivity contribution < 1.29 is 33.8 Å². The molecule has 3 fully saturated rings. The Morgan fingerprint density at radius 1 is 0.929 bits per heavy atom. The summed E-state index contributed by atoms with van der Waals surface area (Å²) in [5.41, 5.74) is 0. The average molecular weight is 259 g/mol. The van der Waals surface area contributed by atoms with E-state index in [0.29, 0.717) is 0 Å². The first kappa shape index (κ1) is 14.8. The van der Waals surface area contributed by atoms with Crippen LogP contribution in [-0.4, -0.2) is 67.6 Å². The molecule has 14 heavy (non-hydrogen) atoms. The second-order valence-corrected chi connectivity index (χ2v) is 5.20. The van der Waals surface area contributed by atoms with Gasteiger partial charge >= 0.3 is 0 Å². The summed E-state index contributed by atoms with van der Waals surface area (Å²) in [7, 11) is 2.41. The first-order valence-corrected chi connectivity index (χ1v) is 5.61. The summed E-state index contributed by atoms with van der Waals surface area (Å²) in [4.78, 5) is 0. The van der Waals surface area contributed by atoms with Crippen LogP contribution in [-0.2, 0) is 0 Å². The van der Waals surface area contributed by atoms with Gasteiger partial charge in [-0.15, -0.1) is 0 Å². The quantitative estimate of drug-likeness (QED) is 0.371. The molecule has 0 radical (unpaired) electrons. The molecule has 86 valence electrons. The molecule has 3 rings (SSSR count). The molecular formula is C9H20Cl2N2S. The van der Waals surface area contributed by atoms with Crippen molar-refractivity contribution in [3.8, 4) is 0 Å². The molecule has 3 aliphatic rings. The lowest BCUT2D eigenvalue weighted by molar-refractivity contribution is -1.07. The minimum Gasteiger partial charge on any atom is -1.00 e. The number of fused-ring (bicyclic) bond motifs is 3. The number of piperazine rings is 3. The minimum atomic E-state index is 0. The third-order valence-corrected chi connectivity index (χ3v) is 4.12. The molecule has 0 spiro atoms. The Bertz CT molecular complexity index is 165. The standard InChI is InChI=1S/C9H19N2S.2ClH/c1-10-2-5-11(6-3-10,7-4-10)8-9-12;;/h2-9H2,1H3;2*1H/q+1;;/p-1. The maximum atomic E-state index is 4.36. The predicted molar refractivity (Wildman–Crippen MR) is 54.4 cm³/mol. The third kappa shape index (κ3) is 2.70. The summed E-state index contributed by atoms with van der Waals surface area (Å²) in [6.07, 6.45) is 0. The summed E-state index contributed by atoms with van der Waals surface area (Å²) in [6, 6.07) is 0. The highest BCUT2D eigenvalue weighted by molar-refractivity contribution is 7.80. The first-order valence-electron chi connectivity index (χ1n) is 4.98. The Labute approximate surface area is 105 Å². The van der Waals surface area contributed by atoms with Crippen LogP contribution in [0.4, 0.5) is 0 Å². The van der Waals surface area contributed by atoms with E-state index in [0.717, 1.165) is 5.75 Å². The van der Waals surface area contributed by atoms with Crippen molar-refractivity contribution >= 4 is 12.6 Å². The number of nitrogens with zero attached hydrogens (tertiary/aromatic N) is 2. The lowest BCUT2D eigenvalue weighted by Crippen LogP contribution is -3.00.